The van der Waals surface area contributed by atoms with Crippen molar-refractivity contribution < 1.29 is 9.53 Å². The lowest BCUT2D eigenvalue weighted by atomic mass is 10.2. The maximum atomic E-state index is 12.8. The molecule has 0 unspecified atom stereocenters. The number of terminal acetylenes is 1. The maximum absolute atomic E-state index is 12.8. The number of aryl methyl sites for hydroxylation is 2. The monoisotopic (exact) mass is 367 g/mol. The Bertz CT molecular complexity index is 1110. The zero-order valence-electron chi connectivity index (χ0n) is 14.6. The molecule has 0 radical (unpaired) electrons. The number of carbonyl (C=O) groups excluding carboxylic acids is 1. The number of carbonyl (C=O) groups is 1. The third-order valence-electron chi connectivity index (χ3n) is 4.05. The van der Waals surface area contributed by atoms with Crippen LogP contribution in [0, 0.1) is 26.2 Å². The summed E-state index contributed by atoms with van der Waals surface area (Å²) in [7, 11) is 1.54. The number of ether oxygens (including phenoxy) is 1. The molecule has 0 saturated heterocycles. The highest BCUT2D eigenvalue weighted by molar-refractivity contribution is 7.20. The molecule has 0 aliphatic rings. The molecule has 0 spiro atoms. The van der Waals surface area contributed by atoms with E-state index in [1.54, 1.807) is 32.0 Å². The molecular weight excluding hydrogens is 350 g/mol. The summed E-state index contributed by atoms with van der Waals surface area (Å²) in [6, 6.07) is 7.14. The van der Waals surface area contributed by atoms with Crippen LogP contribution in [0.1, 0.15) is 21.1 Å². The largest absolute Gasteiger partial charge is 0.495 e. The second-order valence-corrected chi connectivity index (χ2v) is 6.64. The first-order valence-corrected chi connectivity index (χ1v) is 8.68. The van der Waals surface area contributed by atoms with E-state index in [-0.39, 0.29) is 18.0 Å². The molecule has 2 heterocycles. The first-order valence-electron chi connectivity index (χ1n) is 7.86. The third-order valence-corrected chi connectivity index (χ3v) is 5.24. The van der Waals surface area contributed by atoms with Crippen molar-refractivity contribution in [1.29, 1.82) is 0 Å². The SMILES string of the molecule is C#CCn1c(C)nc2sc(C(=O)Nc3ccccc3OC)c(C)c2c1=O. The molecule has 0 aliphatic heterocycles. The maximum Gasteiger partial charge on any atom is 0.266 e. The summed E-state index contributed by atoms with van der Waals surface area (Å²) in [5.41, 5.74) is 0.932. The van der Waals surface area contributed by atoms with E-state index >= 15 is 0 Å². The number of anilines is 1. The summed E-state index contributed by atoms with van der Waals surface area (Å²) in [4.78, 5) is 30.9. The fraction of sp³-hybridized carbons (Fsp3) is 0.211. The van der Waals surface area contributed by atoms with Crippen LogP contribution < -0.4 is 15.6 Å². The van der Waals surface area contributed by atoms with E-state index in [4.69, 9.17) is 11.2 Å². The number of benzene rings is 1. The number of fused-ring (bicyclic) bond motifs is 1. The summed E-state index contributed by atoms with van der Waals surface area (Å²) in [5, 5.41) is 3.26. The van der Waals surface area contributed by atoms with Crippen molar-refractivity contribution in [2.45, 2.75) is 20.4 Å². The van der Waals surface area contributed by atoms with E-state index in [1.807, 2.05) is 6.07 Å². The van der Waals surface area contributed by atoms with Crippen LogP contribution in [0.15, 0.2) is 29.1 Å². The van der Waals surface area contributed by atoms with Gasteiger partial charge in [0.2, 0.25) is 0 Å². The molecular formula is C19H17N3O3S. The van der Waals surface area contributed by atoms with Crippen molar-refractivity contribution >= 4 is 33.1 Å². The molecule has 0 saturated carbocycles. The molecule has 1 amide bonds. The van der Waals surface area contributed by atoms with Crippen LogP contribution in [-0.2, 0) is 6.54 Å². The van der Waals surface area contributed by atoms with Gasteiger partial charge in [-0.2, -0.15) is 0 Å². The molecule has 6 nitrogen and oxygen atoms in total. The smallest absolute Gasteiger partial charge is 0.266 e. The number of nitrogens with one attached hydrogen (secondary N) is 1. The van der Waals surface area contributed by atoms with Crippen molar-refractivity contribution in [2.75, 3.05) is 12.4 Å². The Morgan fingerprint density at radius 1 is 1.38 bits per heavy atom. The highest BCUT2D eigenvalue weighted by Gasteiger charge is 2.21. The molecule has 132 valence electrons. The number of hydrogen-bond donors (Lipinski definition) is 1. The summed E-state index contributed by atoms with van der Waals surface area (Å²) >= 11 is 1.19. The normalized spacial score (nSPS) is 10.5. The molecule has 0 atom stereocenters. The molecule has 1 aromatic carbocycles. The van der Waals surface area contributed by atoms with E-state index in [0.717, 1.165) is 0 Å². The lowest BCUT2D eigenvalue weighted by molar-refractivity contribution is 0.102. The van der Waals surface area contributed by atoms with Crippen molar-refractivity contribution in [1.82, 2.24) is 9.55 Å². The minimum Gasteiger partial charge on any atom is -0.495 e. The van der Waals surface area contributed by atoms with Gasteiger partial charge in [0, 0.05) is 0 Å². The van der Waals surface area contributed by atoms with Crippen LogP contribution in [0.3, 0.4) is 0 Å². The summed E-state index contributed by atoms with van der Waals surface area (Å²) in [6.07, 6.45) is 5.34. The predicted molar refractivity (Wildman–Crippen MR) is 103 cm³/mol. The Morgan fingerprint density at radius 3 is 2.81 bits per heavy atom. The van der Waals surface area contributed by atoms with E-state index in [2.05, 4.69) is 16.2 Å². The zero-order valence-corrected chi connectivity index (χ0v) is 15.4. The summed E-state index contributed by atoms with van der Waals surface area (Å²) in [5.74, 6) is 3.23. The van der Waals surface area contributed by atoms with Gasteiger partial charge in [-0.15, -0.1) is 17.8 Å². The van der Waals surface area contributed by atoms with E-state index < -0.39 is 0 Å². The second-order valence-electron chi connectivity index (χ2n) is 5.65. The van der Waals surface area contributed by atoms with Gasteiger partial charge < -0.3 is 10.1 Å². The fourth-order valence-corrected chi connectivity index (χ4v) is 3.85. The minimum atomic E-state index is -0.310. The lowest BCUT2D eigenvalue weighted by Gasteiger charge is -2.09. The number of hydrogen-bond acceptors (Lipinski definition) is 5. The van der Waals surface area contributed by atoms with E-state index in [0.29, 0.717) is 37.9 Å². The van der Waals surface area contributed by atoms with Gasteiger partial charge in [-0.3, -0.25) is 14.2 Å². The molecule has 1 N–H and O–H groups in total. The highest BCUT2D eigenvalue weighted by Crippen LogP contribution is 2.30. The quantitative estimate of drug-likeness (QED) is 0.720. The van der Waals surface area contributed by atoms with E-state index in [9.17, 15) is 9.59 Å². The van der Waals surface area contributed by atoms with Gasteiger partial charge in [0.15, 0.2) is 0 Å². The van der Waals surface area contributed by atoms with Crippen molar-refractivity contribution in [3.63, 3.8) is 0 Å². The van der Waals surface area contributed by atoms with Crippen LogP contribution in [0.5, 0.6) is 5.75 Å². The summed E-state index contributed by atoms with van der Waals surface area (Å²) < 4.78 is 6.69. The number of methoxy groups -OCH3 is 1. The fourth-order valence-electron chi connectivity index (χ4n) is 2.74. The first kappa shape index (κ1) is 17.7. The zero-order chi connectivity index (χ0) is 18.8. The van der Waals surface area contributed by atoms with Crippen LogP contribution in [0.2, 0.25) is 0 Å². The van der Waals surface area contributed by atoms with Crippen LogP contribution in [-0.4, -0.2) is 22.6 Å². The van der Waals surface area contributed by atoms with Crippen LogP contribution in [0.4, 0.5) is 5.69 Å². The van der Waals surface area contributed by atoms with Crippen molar-refractivity contribution in [2.24, 2.45) is 0 Å². The van der Waals surface area contributed by atoms with Gasteiger partial charge >= 0.3 is 0 Å². The standard InChI is InChI=1S/C19H17N3O3S/c1-5-10-22-12(3)20-18-15(19(22)24)11(2)16(26-18)17(23)21-13-8-6-7-9-14(13)25-4/h1,6-9H,10H2,2-4H3,(H,21,23). The Hall–Kier alpha value is -3.11. The number of rotatable bonds is 4. The van der Waals surface area contributed by atoms with Crippen molar-refractivity contribution in [3.05, 3.63) is 50.9 Å². The Labute approximate surface area is 154 Å². The van der Waals surface area contributed by atoms with E-state index in [1.165, 1.54) is 23.0 Å². The molecule has 3 rings (SSSR count). The lowest BCUT2D eigenvalue weighted by Crippen LogP contribution is -2.23. The molecule has 26 heavy (non-hydrogen) atoms. The molecule has 2 aromatic heterocycles. The van der Waals surface area contributed by atoms with Gasteiger partial charge in [0.05, 0.1) is 29.6 Å². The molecule has 0 fully saturated rings. The molecule has 7 heteroatoms. The molecule has 0 aliphatic carbocycles. The number of aromatic nitrogens is 2. The molecule has 3 aromatic rings. The second kappa shape index (κ2) is 7.02. The van der Waals surface area contributed by atoms with Crippen LogP contribution >= 0.6 is 11.3 Å². The third kappa shape index (κ3) is 2.95. The molecule has 0 bridgehead atoms. The number of para-hydroxylation sites is 2. The average Bonchev–Trinajstić information content (AvgIpc) is 2.95. The van der Waals surface area contributed by atoms with Crippen LogP contribution in [0.25, 0.3) is 10.2 Å². The Kier molecular flexibility index (Phi) is 4.78. The van der Waals surface area contributed by atoms with Gasteiger partial charge in [-0.05, 0) is 31.5 Å². The van der Waals surface area contributed by atoms with Gasteiger partial charge in [0.1, 0.15) is 16.4 Å². The minimum absolute atomic E-state index is 0.144. The van der Waals surface area contributed by atoms with Gasteiger partial charge in [-0.25, -0.2) is 4.98 Å². The number of nitrogens with zero attached hydrogens (tertiary/aromatic N) is 2. The topological polar surface area (TPSA) is 73.2 Å². The average molecular weight is 367 g/mol. The Balaban J connectivity index is 2.07. The summed E-state index contributed by atoms with van der Waals surface area (Å²) in [6.45, 7) is 3.61. The number of thiophene rings is 1. The predicted octanol–water partition coefficient (Wildman–Crippen LogP) is 2.97. The van der Waals surface area contributed by atoms with Crippen molar-refractivity contribution in [3.8, 4) is 18.1 Å². The van der Waals surface area contributed by atoms with Gasteiger partial charge in [-0.1, -0.05) is 18.1 Å². The van der Waals surface area contributed by atoms with Gasteiger partial charge in [0.25, 0.3) is 11.5 Å². The highest BCUT2D eigenvalue weighted by atomic mass is 32.1. The number of amides is 1. The Morgan fingerprint density at radius 2 is 2.12 bits per heavy atom. The first-order chi connectivity index (χ1) is 12.5.